The van der Waals surface area contributed by atoms with Crippen molar-refractivity contribution in [1.29, 1.82) is 0 Å². The summed E-state index contributed by atoms with van der Waals surface area (Å²) in [6.07, 6.45) is 2.33. The Kier molecular flexibility index (Phi) is 11.6. The van der Waals surface area contributed by atoms with Crippen LogP contribution in [0.1, 0.15) is 53.0 Å². The minimum Gasteiger partial charge on any atom is -0.444 e. The number of likely N-dealkylation sites (tertiary alicyclic amines) is 1. The van der Waals surface area contributed by atoms with E-state index in [1.165, 1.54) is 10.6 Å². The summed E-state index contributed by atoms with van der Waals surface area (Å²) in [6, 6.07) is 29.1. The topological polar surface area (TPSA) is 87.7 Å². The van der Waals surface area contributed by atoms with Crippen LogP contribution < -0.4 is 21.2 Å². The van der Waals surface area contributed by atoms with E-state index in [9.17, 15) is 14.4 Å². The van der Waals surface area contributed by atoms with Crippen molar-refractivity contribution in [3.05, 3.63) is 96.6 Å². The zero-order chi connectivity index (χ0) is 31.7. The molecule has 0 spiro atoms. The molecule has 3 aromatic rings. The summed E-state index contributed by atoms with van der Waals surface area (Å²) in [5.74, 6) is -0.614. The third-order valence-electron chi connectivity index (χ3n) is 7.71. The van der Waals surface area contributed by atoms with Crippen LogP contribution in [0.15, 0.2) is 91.0 Å². The van der Waals surface area contributed by atoms with Crippen molar-refractivity contribution in [1.82, 2.24) is 15.5 Å². The van der Waals surface area contributed by atoms with E-state index < -0.39 is 37.6 Å². The molecule has 0 unspecified atom stereocenters. The molecule has 4 rings (SSSR count). The number of rotatable bonds is 11. The second-order valence-electron chi connectivity index (χ2n) is 12.7. The molecular formula is C36H46N3O4P. The van der Waals surface area contributed by atoms with E-state index in [-0.39, 0.29) is 24.3 Å². The zero-order valence-corrected chi connectivity index (χ0v) is 27.4. The standard InChI is InChI=1S/C36H46N3O4P/c1-26(2)32(38-33(40)31(24-27-16-9-6-10-17-27)37-35(42)43-36(3,4)5)34(41)39-23-15-18-28(39)25-44(29-19-11-7-12-20-29)30-21-13-8-14-22-30/h6-14,16-17,19-22,26,28,31-32H,15,18,23-25H2,1-5H3,(H,37,42)(H,38,40)/t28-,31+,32+/m0/s1. The molecule has 2 N–H and O–H groups in total. The van der Waals surface area contributed by atoms with Gasteiger partial charge < -0.3 is 20.3 Å². The quantitative estimate of drug-likeness (QED) is 0.284. The van der Waals surface area contributed by atoms with Gasteiger partial charge in [0.15, 0.2) is 0 Å². The van der Waals surface area contributed by atoms with Crippen molar-refractivity contribution in [2.75, 3.05) is 12.7 Å². The molecule has 3 atom stereocenters. The van der Waals surface area contributed by atoms with E-state index in [1.807, 2.05) is 61.2 Å². The third-order valence-corrected chi connectivity index (χ3v) is 10.3. The predicted octanol–water partition coefficient (Wildman–Crippen LogP) is 5.39. The average Bonchev–Trinajstić information content (AvgIpc) is 3.46. The lowest BCUT2D eigenvalue weighted by atomic mass is 10.00. The summed E-state index contributed by atoms with van der Waals surface area (Å²) < 4.78 is 5.46. The van der Waals surface area contributed by atoms with Crippen molar-refractivity contribution in [2.45, 2.75) is 77.6 Å². The molecule has 0 bridgehead atoms. The first-order valence-corrected chi connectivity index (χ1v) is 17.1. The lowest BCUT2D eigenvalue weighted by Gasteiger charge is -2.34. The Labute approximate surface area is 263 Å². The number of ether oxygens (including phenoxy) is 1. The van der Waals surface area contributed by atoms with E-state index in [1.54, 1.807) is 20.8 Å². The molecule has 1 aliphatic rings. The number of hydrogen-bond acceptors (Lipinski definition) is 4. The maximum absolute atomic E-state index is 14.2. The van der Waals surface area contributed by atoms with Gasteiger partial charge in [-0.05, 0) is 69.8 Å². The highest BCUT2D eigenvalue weighted by atomic mass is 31.1. The van der Waals surface area contributed by atoms with Gasteiger partial charge in [-0.1, -0.05) is 105 Å². The van der Waals surface area contributed by atoms with E-state index in [0.29, 0.717) is 6.54 Å². The van der Waals surface area contributed by atoms with Crippen molar-refractivity contribution in [2.24, 2.45) is 5.92 Å². The van der Waals surface area contributed by atoms with Gasteiger partial charge in [0.05, 0.1) is 0 Å². The Morgan fingerprint density at radius 1 is 0.864 bits per heavy atom. The van der Waals surface area contributed by atoms with Gasteiger partial charge in [-0.2, -0.15) is 0 Å². The molecule has 0 saturated carbocycles. The number of nitrogens with one attached hydrogen (secondary N) is 2. The number of benzene rings is 3. The van der Waals surface area contributed by atoms with Gasteiger partial charge in [0, 0.05) is 19.0 Å². The molecular weight excluding hydrogens is 569 g/mol. The smallest absolute Gasteiger partial charge is 0.408 e. The highest BCUT2D eigenvalue weighted by Crippen LogP contribution is 2.38. The van der Waals surface area contributed by atoms with Crippen molar-refractivity contribution in [3.8, 4) is 0 Å². The van der Waals surface area contributed by atoms with Gasteiger partial charge in [-0.15, -0.1) is 0 Å². The summed E-state index contributed by atoms with van der Waals surface area (Å²) in [5, 5.41) is 8.35. The largest absolute Gasteiger partial charge is 0.444 e. The molecule has 44 heavy (non-hydrogen) atoms. The Hall–Kier alpha value is -3.70. The lowest BCUT2D eigenvalue weighted by Crippen LogP contribution is -2.57. The van der Waals surface area contributed by atoms with Crippen LogP contribution in [-0.2, 0) is 20.7 Å². The van der Waals surface area contributed by atoms with Gasteiger partial charge >= 0.3 is 6.09 Å². The molecule has 234 valence electrons. The number of amides is 3. The molecule has 3 aromatic carbocycles. The fraction of sp³-hybridized carbons (Fsp3) is 0.417. The van der Waals surface area contributed by atoms with Crippen LogP contribution in [0, 0.1) is 5.92 Å². The molecule has 1 heterocycles. The van der Waals surface area contributed by atoms with Crippen LogP contribution in [0.2, 0.25) is 0 Å². The van der Waals surface area contributed by atoms with Crippen LogP contribution in [0.4, 0.5) is 4.79 Å². The monoisotopic (exact) mass is 615 g/mol. The summed E-state index contributed by atoms with van der Waals surface area (Å²) in [5.41, 5.74) is 0.184. The Bertz CT molecular complexity index is 1320. The van der Waals surface area contributed by atoms with Gasteiger partial charge in [-0.3, -0.25) is 9.59 Å². The SMILES string of the molecule is CC(C)[C@@H](NC(=O)[C@@H](Cc1ccccc1)NC(=O)OC(C)(C)C)C(=O)N1CCC[C@H]1CP(c1ccccc1)c1ccccc1. The predicted molar refractivity (Wildman–Crippen MR) is 179 cm³/mol. The first-order chi connectivity index (χ1) is 21.0. The van der Waals surface area contributed by atoms with Gasteiger partial charge in [-0.25, -0.2) is 4.79 Å². The fourth-order valence-electron chi connectivity index (χ4n) is 5.56. The lowest BCUT2D eigenvalue weighted by molar-refractivity contribution is -0.138. The molecule has 1 aliphatic heterocycles. The average molecular weight is 616 g/mol. The van der Waals surface area contributed by atoms with Gasteiger partial charge in [0.1, 0.15) is 17.7 Å². The van der Waals surface area contributed by atoms with E-state index >= 15 is 0 Å². The third kappa shape index (κ3) is 9.40. The number of nitrogens with zero attached hydrogens (tertiary/aromatic N) is 1. The van der Waals surface area contributed by atoms with Crippen molar-refractivity contribution in [3.63, 3.8) is 0 Å². The Morgan fingerprint density at radius 2 is 1.41 bits per heavy atom. The van der Waals surface area contributed by atoms with Crippen LogP contribution in [0.25, 0.3) is 0 Å². The Balaban J connectivity index is 1.52. The molecule has 7 nitrogen and oxygen atoms in total. The fourth-order valence-corrected chi connectivity index (χ4v) is 8.14. The Morgan fingerprint density at radius 3 is 1.93 bits per heavy atom. The van der Waals surface area contributed by atoms with Crippen LogP contribution in [-0.4, -0.2) is 59.2 Å². The minimum atomic E-state index is -0.903. The van der Waals surface area contributed by atoms with Crippen LogP contribution in [0.3, 0.4) is 0 Å². The van der Waals surface area contributed by atoms with Crippen molar-refractivity contribution < 1.29 is 19.1 Å². The van der Waals surface area contributed by atoms with Gasteiger partial charge in [0.2, 0.25) is 11.8 Å². The second-order valence-corrected chi connectivity index (χ2v) is 15.0. The summed E-state index contributed by atoms with van der Waals surface area (Å²) >= 11 is 0. The highest BCUT2D eigenvalue weighted by molar-refractivity contribution is 7.73. The summed E-state index contributed by atoms with van der Waals surface area (Å²) in [6.45, 7) is 9.89. The summed E-state index contributed by atoms with van der Waals surface area (Å²) in [4.78, 5) is 42.7. The maximum Gasteiger partial charge on any atom is 0.408 e. The molecule has 8 heteroatoms. The molecule has 1 fully saturated rings. The maximum atomic E-state index is 14.2. The number of carbonyl (C=O) groups excluding carboxylic acids is 3. The molecule has 0 radical (unpaired) electrons. The number of alkyl carbamates (subject to hydrolysis) is 1. The molecule has 1 saturated heterocycles. The van der Waals surface area contributed by atoms with Crippen molar-refractivity contribution >= 4 is 36.4 Å². The minimum absolute atomic E-state index is 0.0670. The van der Waals surface area contributed by atoms with Gasteiger partial charge in [0.25, 0.3) is 0 Å². The highest BCUT2D eigenvalue weighted by Gasteiger charge is 2.38. The van der Waals surface area contributed by atoms with Crippen LogP contribution >= 0.6 is 7.92 Å². The van der Waals surface area contributed by atoms with Crippen LogP contribution in [0.5, 0.6) is 0 Å². The van der Waals surface area contributed by atoms with E-state index in [2.05, 4.69) is 59.2 Å². The normalized spacial score (nSPS) is 16.4. The molecule has 0 aromatic heterocycles. The summed E-state index contributed by atoms with van der Waals surface area (Å²) in [7, 11) is -0.668. The molecule has 0 aliphatic carbocycles. The first kappa shape index (κ1) is 33.2. The number of carbonyl (C=O) groups is 3. The molecule has 3 amide bonds. The van der Waals surface area contributed by atoms with E-state index in [0.717, 1.165) is 24.6 Å². The zero-order valence-electron chi connectivity index (χ0n) is 26.5. The number of hydrogen-bond donors (Lipinski definition) is 2. The second kappa shape index (κ2) is 15.3. The van der Waals surface area contributed by atoms with E-state index in [4.69, 9.17) is 4.74 Å². The first-order valence-electron chi connectivity index (χ1n) is 15.5.